The molecule has 2 rings (SSSR count). The number of phenolic OH excluding ortho intramolecular Hbond substituents is 2. The van der Waals surface area contributed by atoms with Gasteiger partial charge in [-0.05, 0) is 18.4 Å². The van der Waals surface area contributed by atoms with Crippen LogP contribution in [0.25, 0.3) is 11.3 Å². The van der Waals surface area contributed by atoms with Crippen LogP contribution in [0.15, 0.2) is 28.2 Å². The summed E-state index contributed by atoms with van der Waals surface area (Å²) < 4.78 is 0. The topological polar surface area (TPSA) is 110 Å². The number of aromatic hydroxyl groups is 2. The molecule has 1 aromatic carbocycles. The van der Waals surface area contributed by atoms with Gasteiger partial charge in [0.1, 0.15) is 28.8 Å². The molecule has 19 heavy (non-hydrogen) atoms. The molecule has 1 aromatic heterocycles. The van der Waals surface area contributed by atoms with Crippen LogP contribution >= 0.6 is 11.8 Å². The number of hydrogen-bond acceptors (Lipinski definition) is 6. The average Bonchev–Trinajstić information content (AvgIpc) is 2.37. The molecule has 0 saturated heterocycles. The van der Waals surface area contributed by atoms with E-state index in [1.54, 1.807) is 12.3 Å². The van der Waals surface area contributed by atoms with E-state index in [1.807, 2.05) is 0 Å². The summed E-state index contributed by atoms with van der Waals surface area (Å²) in [7, 11) is 0. The number of nitriles is 1. The van der Waals surface area contributed by atoms with E-state index in [0.29, 0.717) is 5.16 Å². The van der Waals surface area contributed by atoms with E-state index in [-0.39, 0.29) is 28.3 Å². The van der Waals surface area contributed by atoms with Gasteiger partial charge >= 0.3 is 0 Å². The van der Waals surface area contributed by atoms with Crippen LogP contribution in [-0.4, -0.2) is 26.4 Å². The van der Waals surface area contributed by atoms with Gasteiger partial charge in [-0.25, -0.2) is 4.98 Å². The van der Waals surface area contributed by atoms with Gasteiger partial charge in [-0.3, -0.25) is 4.79 Å². The molecule has 3 N–H and O–H groups in total. The first-order valence-corrected chi connectivity index (χ1v) is 6.40. The fraction of sp³-hybridized carbons (Fsp3) is 0.0833. The highest BCUT2D eigenvalue weighted by molar-refractivity contribution is 7.98. The SMILES string of the molecule is CSc1nc(-c2ccc(O)cc2O)c(C#N)c(=O)[nH]1. The number of rotatable bonds is 2. The monoisotopic (exact) mass is 275 g/mol. The second-order valence-electron chi connectivity index (χ2n) is 3.61. The van der Waals surface area contributed by atoms with Crippen molar-refractivity contribution in [1.82, 2.24) is 9.97 Å². The van der Waals surface area contributed by atoms with Crippen LogP contribution in [0.5, 0.6) is 11.5 Å². The number of nitrogens with one attached hydrogen (secondary N) is 1. The van der Waals surface area contributed by atoms with E-state index in [2.05, 4.69) is 9.97 Å². The molecular formula is C12H9N3O3S. The number of benzene rings is 1. The second kappa shape index (κ2) is 5.04. The van der Waals surface area contributed by atoms with Crippen LogP contribution in [-0.2, 0) is 0 Å². The second-order valence-corrected chi connectivity index (χ2v) is 4.41. The summed E-state index contributed by atoms with van der Waals surface area (Å²) in [6, 6.07) is 5.63. The summed E-state index contributed by atoms with van der Waals surface area (Å²) in [5, 5.41) is 28.4. The predicted octanol–water partition coefficient (Wildman–Crippen LogP) is 1.44. The molecule has 0 fully saturated rings. The zero-order chi connectivity index (χ0) is 14.0. The third kappa shape index (κ3) is 2.39. The molecular weight excluding hydrogens is 266 g/mol. The van der Waals surface area contributed by atoms with E-state index < -0.39 is 5.56 Å². The molecule has 7 heteroatoms. The molecule has 0 bridgehead atoms. The molecule has 0 aliphatic heterocycles. The van der Waals surface area contributed by atoms with Gasteiger partial charge in [0.15, 0.2) is 5.16 Å². The summed E-state index contributed by atoms with van der Waals surface area (Å²) in [6.45, 7) is 0. The average molecular weight is 275 g/mol. The van der Waals surface area contributed by atoms with E-state index in [9.17, 15) is 15.0 Å². The molecule has 0 aliphatic carbocycles. The maximum Gasteiger partial charge on any atom is 0.270 e. The lowest BCUT2D eigenvalue weighted by Crippen LogP contribution is -2.14. The third-order valence-corrected chi connectivity index (χ3v) is 3.02. The van der Waals surface area contributed by atoms with Crippen molar-refractivity contribution < 1.29 is 10.2 Å². The first-order valence-electron chi connectivity index (χ1n) is 5.17. The van der Waals surface area contributed by atoms with Crippen LogP contribution in [0.1, 0.15) is 5.56 Å². The minimum atomic E-state index is -0.565. The Labute approximate surface area is 112 Å². The fourth-order valence-electron chi connectivity index (χ4n) is 1.57. The molecule has 0 spiro atoms. The number of aromatic amines is 1. The van der Waals surface area contributed by atoms with Gasteiger partial charge in [-0.1, -0.05) is 11.8 Å². The van der Waals surface area contributed by atoms with Crippen LogP contribution in [0, 0.1) is 11.3 Å². The molecule has 0 unspecified atom stereocenters. The highest BCUT2D eigenvalue weighted by Crippen LogP contribution is 2.32. The molecule has 0 radical (unpaired) electrons. The van der Waals surface area contributed by atoms with Crippen LogP contribution < -0.4 is 5.56 Å². The van der Waals surface area contributed by atoms with Crippen LogP contribution in [0.4, 0.5) is 0 Å². The van der Waals surface area contributed by atoms with Gasteiger partial charge in [0.2, 0.25) is 0 Å². The summed E-state index contributed by atoms with van der Waals surface area (Å²) in [4.78, 5) is 18.3. The Morgan fingerprint density at radius 1 is 1.42 bits per heavy atom. The van der Waals surface area contributed by atoms with Crippen molar-refractivity contribution in [3.63, 3.8) is 0 Å². The smallest absolute Gasteiger partial charge is 0.270 e. The minimum absolute atomic E-state index is 0.0908. The van der Waals surface area contributed by atoms with Gasteiger partial charge < -0.3 is 15.2 Å². The normalized spacial score (nSPS) is 10.1. The number of phenols is 2. The Bertz CT molecular complexity index is 734. The number of aromatic nitrogens is 2. The maximum absolute atomic E-state index is 11.7. The van der Waals surface area contributed by atoms with Crippen molar-refractivity contribution in [2.24, 2.45) is 0 Å². The van der Waals surface area contributed by atoms with Crippen molar-refractivity contribution in [3.05, 3.63) is 34.1 Å². The quantitative estimate of drug-likeness (QED) is 0.565. The lowest BCUT2D eigenvalue weighted by atomic mass is 10.1. The molecule has 6 nitrogen and oxygen atoms in total. The Morgan fingerprint density at radius 2 is 2.16 bits per heavy atom. The van der Waals surface area contributed by atoms with Crippen molar-refractivity contribution in [3.8, 4) is 28.8 Å². The van der Waals surface area contributed by atoms with Crippen molar-refractivity contribution in [2.75, 3.05) is 6.26 Å². The Balaban J connectivity index is 2.77. The Morgan fingerprint density at radius 3 is 2.74 bits per heavy atom. The summed E-state index contributed by atoms with van der Waals surface area (Å²) in [5.41, 5.74) is -0.438. The molecule has 0 saturated carbocycles. The molecule has 1 heterocycles. The minimum Gasteiger partial charge on any atom is -0.508 e. The van der Waals surface area contributed by atoms with E-state index >= 15 is 0 Å². The Hall–Kier alpha value is -2.46. The van der Waals surface area contributed by atoms with Gasteiger partial charge in [-0.2, -0.15) is 5.26 Å². The molecule has 0 amide bonds. The third-order valence-electron chi connectivity index (χ3n) is 2.44. The number of thioether (sulfide) groups is 1. The van der Waals surface area contributed by atoms with Gasteiger partial charge in [0.05, 0.1) is 0 Å². The standard InChI is InChI=1S/C12H9N3O3S/c1-19-12-14-10(8(5-13)11(18)15-12)7-3-2-6(16)4-9(7)17/h2-4,16-17H,1H3,(H,14,15,18). The predicted molar refractivity (Wildman–Crippen MR) is 70.1 cm³/mol. The molecule has 0 atom stereocenters. The van der Waals surface area contributed by atoms with E-state index in [1.165, 1.54) is 23.9 Å². The van der Waals surface area contributed by atoms with Crippen LogP contribution in [0.3, 0.4) is 0 Å². The Kier molecular flexibility index (Phi) is 3.44. The first-order chi connectivity index (χ1) is 9.06. The molecule has 96 valence electrons. The first kappa shape index (κ1) is 13.0. The van der Waals surface area contributed by atoms with E-state index in [0.717, 1.165) is 6.07 Å². The number of nitrogens with zero attached hydrogens (tertiary/aromatic N) is 2. The lowest BCUT2D eigenvalue weighted by molar-refractivity contribution is 0.451. The maximum atomic E-state index is 11.7. The largest absolute Gasteiger partial charge is 0.508 e. The van der Waals surface area contributed by atoms with Crippen molar-refractivity contribution in [2.45, 2.75) is 5.16 Å². The van der Waals surface area contributed by atoms with Gasteiger partial charge in [-0.15, -0.1) is 0 Å². The summed E-state index contributed by atoms with van der Waals surface area (Å²) in [6.07, 6.45) is 1.73. The summed E-state index contributed by atoms with van der Waals surface area (Å²) in [5.74, 6) is -0.364. The molecule has 0 aliphatic rings. The highest BCUT2D eigenvalue weighted by atomic mass is 32.2. The fourth-order valence-corrected chi connectivity index (χ4v) is 1.95. The van der Waals surface area contributed by atoms with Gasteiger partial charge in [0.25, 0.3) is 5.56 Å². The lowest BCUT2D eigenvalue weighted by Gasteiger charge is -2.07. The van der Waals surface area contributed by atoms with Crippen molar-refractivity contribution in [1.29, 1.82) is 5.26 Å². The zero-order valence-corrected chi connectivity index (χ0v) is 10.7. The van der Waals surface area contributed by atoms with E-state index in [4.69, 9.17) is 5.26 Å². The number of hydrogen-bond donors (Lipinski definition) is 3. The summed E-state index contributed by atoms with van der Waals surface area (Å²) >= 11 is 1.21. The highest BCUT2D eigenvalue weighted by Gasteiger charge is 2.16. The van der Waals surface area contributed by atoms with Crippen molar-refractivity contribution >= 4 is 11.8 Å². The van der Waals surface area contributed by atoms with Crippen LogP contribution in [0.2, 0.25) is 0 Å². The molecule has 2 aromatic rings. The number of H-pyrrole nitrogens is 1. The van der Waals surface area contributed by atoms with Gasteiger partial charge in [0, 0.05) is 11.6 Å². The zero-order valence-electron chi connectivity index (χ0n) is 9.84.